The number of nitriles is 1. The number of benzene rings is 2. The minimum atomic E-state index is -0.219. The van der Waals surface area contributed by atoms with Crippen LogP contribution in [0.4, 0.5) is 4.39 Å². The molecule has 0 saturated carbocycles. The molecule has 0 spiro atoms. The molecule has 1 atom stereocenters. The van der Waals surface area contributed by atoms with Crippen LogP contribution in [0.3, 0.4) is 0 Å². The minimum Gasteiger partial charge on any atom is -0.375 e. The standard InChI is InChI=1S/C26H30FN3O/c1-2-23-21(16-28)15-20-5-3-4-6-24(20)25(23)17-31-18-26(30-13-11-29-12-14-30)19-7-9-22(27)10-8-19/h4,6-10,15,26,29H,2-3,5,11-14,17-18H2,1H3. The Morgan fingerprint density at radius 2 is 1.97 bits per heavy atom. The summed E-state index contributed by atoms with van der Waals surface area (Å²) in [5, 5.41) is 13.1. The van der Waals surface area contributed by atoms with Crippen molar-refractivity contribution in [2.45, 2.75) is 38.8 Å². The van der Waals surface area contributed by atoms with E-state index in [2.05, 4.69) is 41.4 Å². The SMILES string of the molecule is CCc1c(C#N)cc2c(c1COCC(c1ccc(F)cc1)N1CCNCC1)C=CCC2. The summed E-state index contributed by atoms with van der Waals surface area (Å²) in [6, 6.07) is 11.3. The number of rotatable bonds is 7. The van der Waals surface area contributed by atoms with Crippen molar-refractivity contribution >= 4 is 6.08 Å². The zero-order chi connectivity index (χ0) is 21.6. The smallest absolute Gasteiger partial charge is 0.123 e. The predicted molar refractivity (Wildman–Crippen MR) is 121 cm³/mol. The van der Waals surface area contributed by atoms with Crippen LogP contribution in [0.1, 0.15) is 52.8 Å². The van der Waals surface area contributed by atoms with E-state index in [0.29, 0.717) is 13.2 Å². The summed E-state index contributed by atoms with van der Waals surface area (Å²) in [6.07, 6.45) is 7.18. The Morgan fingerprint density at radius 3 is 2.68 bits per heavy atom. The molecule has 1 N–H and O–H groups in total. The molecule has 0 aromatic heterocycles. The topological polar surface area (TPSA) is 48.3 Å². The Hall–Kier alpha value is -2.52. The first-order valence-electron chi connectivity index (χ1n) is 11.2. The lowest BCUT2D eigenvalue weighted by atomic mass is 9.86. The third-order valence-electron chi connectivity index (χ3n) is 6.39. The van der Waals surface area contributed by atoms with Gasteiger partial charge in [0.05, 0.1) is 30.9 Å². The number of ether oxygens (including phenoxy) is 1. The van der Waals surface area contributed by atoms with Crippen LogP contribution >= 0.6 is 0 Å². The van der Waals surface area contributed by atoms with E-state index >= 15 is 0 Å². The maximum atomic E-state index is 13.5. The van der Waals surface area contributed by atoms with Crippen molar-refractivity contribution in [1.82, 2.24) is 10.2 Å². The summed E-state index contributed by atoms with van der Waals surface area (Å²) >= 11 is 0. The number of halogens is 1. The van der Waals surface area contributed by atoms with Crippen LogP contribution < -0.4 is 5.32 Å². The van der Waals surface area contributed by atoms with Gasteiger partial charge in [0.2, 0.25) is 0 Å². The molecular formula is C26H30FN3O. The molecule has 0 amide bonds. The molecule has 1 aliphatic carbocycles. The van der Waals surface area contributed by atoms with Crippen LogP contribution in [-0.2, 0) is 24.2 Å². The number of hydrogen-bond donors (Lipinski definition) is 1. The third kappa shape index (κ3) is 4.88. The third-order valence-corrected chi connectivity index (χ3v) is 6.39. The quantitative estimate of drug-likeness (QED) is 0.724. The lowest BCUT2D eigenvalue weighted by molar-refractivity contribution is 0.0438. The van der Waals surface area contributed by atoms with Gasteiger partial charge in [-0.1, -0.05) is 31.2 Å². The summed E-state index contributed by atoms with van der Waals surface area (Å²) in [6.45, 7) is 6.88. The summed E-state index contributed by atoms with van der Waals surface area (Å²) in [5.74, 6) is -0.219. The zero-order valence-electron chi connectivity index (χ0n) is 18.2. The van der Waals surface area contributed by atoms with E-state index in [9.17, 15) is 9.65 Å². The highest BCUT2D eigenvalue weighted by atomic mass is 19.1. The fraction of sp³-hybridized carbons (Fsp3) is 0.423. The van der Waals surface area contributed by atoms with Crippen molar-refractivity contribution in [1.29, 1.82) is 5.26 Å². The molecule has 31 heavy (non-hydrogen) atoms. The molecule has 0 radical (unpaired) electrons. The van der Waals surface area contributed by atoms with Crippen LogP contribution in [0.5, 0.6) is 0 Å². The number of fused-ring (bicyclic) bond motifs is 1. The Kier molecular flexibility index (Phi) is 7.14. The van der Waals surface area contributed by atoms with Gasteiger partial charge in [-0.2, -0.15) is 5.26 Å². The van der Waals surface area contributed by atoms with Crippen molar-refractivity contribution in [3.63, 3.8) is 0 Å². The van der Waals surface area contributed by atoms with E-state index in [-0.39, 0.29) is 11.9 Å². The summed E-state index contributed by atoms with van der Waals surface area (Å²) in [7, 11) is 0. The van der Waals surface area contributed by atoms with Crippen LogP contribution in [0.25, 0.3) is 6.08 Å². The number of allylic oxidation sites excluding steroid dienone is 1. The fourth-order valence-corrected chi connectivity index (χ4v) is 4.74. The molecule has 2 aromatic carbocycles. The van der Waals surface area contributed by atoms with Crippen molar-refractivity contribution in [2.24, 2.45) is 0 Å². The summed E-state index contributed by atoms with van der Waals surface area (Å²) < 4.78 is 19.8. The number of hydrogen-bond acceptors (Lipinski definition) is 4. The first kappa shape index (κ1) is 21.7. The first-order chi connectivity index (χ1) is 15.2. The van der Waals surface area contributed by atoms with Gasteiger partial charge in [-0.15, -0.1) is 0 Å². The average molecular weight is 420 g/mol. The molecule has 1 heterocycles. The van der Waals surface area contributed by atoms with Crippen LogP contribution in [0.15, 0.2) is 36.4 Å². The second-order valence-electron chi connectivity index (χ2n) is 8.23. The van der Waals surface area contributed by atoms with Crippen LogP contribution in [0, 0.1) is 17.1 Å². The van der Waals surface area contributed by atoms with E-state index in [1.165, 1.54) is 23.3 Å². The summed E-state index contributed by atoms with van der Waals surface area (Å²) in [4.78, 5) is 2.41. The van der Waals surface area contributed by atoms with Gasteiger partial charge in [-0.25, -0.2) is 4.39 Å². The Labute approximate surface area is 184 Å². The molecule has 2 aromatic rings. The molecule has 2 aliphatic rings. The highest BCUT2D eigenvalue weighted by Gasteiger charge is 2.23. The van der Waals surface area contributed by atoms with Crippen molar-refractivity contribution in [3.05, 3.63) is 75.6 Å². The van der Waals surface area contributed by atoms with Crippen molar-refractivity contribution in [3.8, 4) is 6.07 Å². The lowest BCUT2D eigenvalue weighted by Gasteiger charge is -2.35. The van der Waals surface area contributed by atoms with E-state index in [0.717, 1.165) is 67.7 Å². The van der Waals surface area contributed by atoms with Crippen LogP contribution in [-0.4, -0.2) is 37.7 Å². The van der Waals surface area contributed by atoms with Gasteiger partial charge in [-0.3, -0.25) is 4.90 Å². The number of nitrogens with zero attached hydrogens (tertiary/aromatic N) is 2. The first-order valence-corrected chi connectivity index (χ1v) is 11.2. The molecule has 162 valence electrons. The molecule has 1 aliphatic heterocycles. The molecule has 4 nitrogen and oxygen atoms in total. The molecule has 1 fully saturated rings. The Balaban J connectivity index is 1.57. The molecule has 1 saturated heterocycles. The monoisotopic (exact) mass is 419 g/mol. The van der Waals surface area contributed by atoms with E-state index in [1.54, 1.807) is 0 Å². The molecular weight excluding hydrogens is 389 g/mol. The lowest BCUT2D eigenvalue weighted by Crippen LogP contribution is -2.46. The second-order valence-corrected chi connectivity index (χ2v) is 8.23. The van der Waals surface area contributed by atoms with Crippen molar-refractivity contribution in [2.75, 3.05) is 32.8 Å². The van der Waals surface area contributed by atoms with Gasteiger partial charge in [0.15, 0.2) is 0 Å². The van der Waals surface area contributed by atoms with Gasteiger partial charge in [-0.05, 0) is 65.3 Å². The number of nitrogens with one attached hydrogen (secondary N) is 1. The maximum Gasteiger partial charge on any atom is 0.123 e. The Morgan fingerprint density at radius 1 is 1.19 bits per heavy atom. The molecule has 5 heteroatoms. The largest absolute Gasteiger partial charge is 0.375 e. The molecule has 1 unspecified atom stereocenters. The van der Waals surface area contributed by atoms with Gasteiger partial charge >= 0.3 is 0 Å². The average Bonchev–Trinajstić information content (AvgIpc) is 2.82. The maximum absolute atomic E-state index is 13.5. The highest BCUT2D eigenvalue weighted by Crippen LogP contribution is 2.30. The minimum absolute atomic E-state index is 0.0818. The van der Waals surface area contributed by atoms with Crippen molar-refractivity contribution < 1.29 is 9.13 Å². The second kappa shape index (κ2) is 10.2. The summed E-state index contributed by atoms with van der Waals surface area (Å²) in [5.41, 5.74) is 6.55. The van der Waals surface area contributed by atoms with Gasteiger partial charge < -0.3 is 10.1 Å². The van der Waals surface area contributed by atoms with E-state index in [4.69, 9.17) is 4.74 Å². The fourth-order valence-electron chi connectivity index (χ4n) is 4.74. The highest BCUT2D eigenvalue weighted by molar-refractivity contribution is 5.65. The molecule has 4 rings (SSSR count). The van der Waals surface area contributed by atoms with Gasteiger partial charge in [0, 0.05) is 26.2 Å². The van der Waals surface area contributed by atoms with Gasteiger partial charge in [0.25, 0.3) is 0 Å². The Bertz CT molecular complexity index is 972. The number of aryl methyl sites for hydroxylation is 1. The predicted octanol–water partition coefficient (Wildman–Crippen LogP) is 4.38. The normalized spacial score (nSPS) is 17.2. The van der Waals surface area contributed by atoms with E-state index in [1.807, 2.05) is 12.1 Å². The molecule has 0 bridgehead atoms. The number of piperazine rings is 1. The zero-order valence-corrected chi connectivity index (χ0v) is 18.2. The van der Waals surface area contributed by atoms with E-state index < -0.39 is 0 Å². The van der Waals surface area contributed by atoms with Gasteiger partial charge in [0.1, 0.15) is 5.82 Å². The van der Waals surface area contributed by atoms with Crippen LogP contribution in [0.2, 0.25) is 0 Å².